The Morgan fingerprint density at radius 3 is 2.64 bits per heavy atom. The second kappa shape index (κ2) is 8.07. The molecular formula is C19H24N4O2. The van der Waals surface area contributed by atoms with Crippen molar-refractivity contribution in [2.24, 2.45) is 5.92 Å². The minimum absolute atomic E-state index is 0.0460. The number of anilines is 1. The molecule has 1 N–H and O–H groups in total. The highest BCUT2D eigenvalue weighted by Crippen LogP contribution is 2.19. The highest BCUT2D eigenvalue weighted by Gasteiger charge is 2.21. The van der Waals surface area contributed by atoms with E-state index in [0.717, 1.165) is 32.5 Å². The summed E-state index contributed by atoms with van der Waals surface area (Å²) in [6.45, 7) is 4.64. The number of carbonyl (C=O) groups excluding carboxylic acids is 2. The zero-order valence-corrected chi connectivity index (χ0v) is 14.5. The number of aromatic nitrogens is 2. The number of hydrogen-bond donors (Lipinski definition) is 1. The van der Waals surface area contributed by atoms with E-state index in [9.17, 15) is 9.59 Å². The van der Waals surface area contributed by atoms with Gasteiger partial charge < -0.3 is 5.32 Å². The van der Waals surface area contributed by atoms with Gasteiger partial charge in [-0.25, -0.2) is 0 Å². The number of carbonyl (C=O) groups is 2. The predicted octanol–water partition coefficient (Wildman–Crippen LogP) is 2.44. The first-order valence-corrected chi connectivity index (χ1v) is 8.71. The van der Waals surface area contributed by atoms with E-state index >= 15 is 0 Å². The van der Waals surface area contributed by atoms with E-state index in [1.54, 1.807) is 24.4 Å². The van der Waals surface area contributed by atoms with E-state index in [0.29, 0.717) is 23.7 Å². The van der Waals surface area contributed by atoms with Crippen LogP contribution in [0.2, 0.25) is 0 Å². The van der Waals surface area contributed by atoms with Crippen molar-refractivity contribution in [2.45, 2.75) is 26.3 Å². The number of nitrogens with one attached hydrogen (secondary N) is 1. The number of hydrogen-bond acceptors (Lipinski definition) is 4. The Kier molecular flexibility index (Phi) is 5.60. The number of nitrogens with zero attached hydrogens (tertiary/aromatic N) is 3. The summed E-state index contributed by atoms with van der Waals surface area (Å²) < 4.78 is 1.98. The molecule has 1 aliphatic heterocycles. The molecule has 2 heterocycles. The average Bonchev–Trinajstić information content (AvgIpc) is 3.10. The Hall–Kier alpha value is -2.47. The van der Waals surface area contributed by atoms with Gasteiger partial charge >= 0.3 is 0 Å². The molecule has 1 aliphatic rings. The fourth-order valence-corrected chi connectivity index (χ4v) is 3.29. The first kappa shape index (κ1) is 17.4. The first-order valence-electron chi connectivity index (χ1n) is 8.71. The van der Waals surface area contributed by atoms with Crippen molar-refractivity contribution in [3.05, 3.63) is 48.3 Å². The summed E-state index contributed by atoms with van der Waals surface area (Å²) in [5.41, 5.74) is 1.14. The standard InChI is InChI=1S/C19H24N4O2/c1-15(24)17-5-2-3-6-18(17)21-19(25)14-22-11-7-16(8-12-22)13-23-10-4-9-20-23/h2-6,9-10,16H,7-8,11-14H2,1H3,(H,21,25). The Bertz CT molecular complexity index is 719. The van der Waals surface area contributed by atoms with E-state index in [1.807, 2.05) is 23.0 Å². The van der Waals surface area contributed by atoms with Gasteiger partial charge in [-0.05, 0) is 57.0 Å². The largest absolute Gasteiger partial charge is 0.324 e. The van der Waals surface area contributed by atoms with Crippen LogP contribution in [0.1, 0.15) is 30.1 Å². The smallest absolute Gasteiger partial charge is 0.238 e. The average molecular weight is 340 g/mol. The second-order valence-corrected chi connectivity index (χ2v) is 6.60. The third kappa shape index (κ3) is 4.76. The third-order valence-corrected chi connectivity index (χ3v) is 4.66. The van der Waals surface area contributed by atoms with Crippen LogP contribution in [0.4, 0.5) is 5.69 Å². The molecule has 0 bridgehead atoms. The lowest BCUT2D eigenvalue weighted by Gasteiger charge is -2.31. The summed E-state index contributed by atoms with van der Waals surface area (Å²) in [5, 5.41) is 7.13. The lowest BCUT2D eigenvalue weighted by Crippen LogP contribution is -2.40. The molecule has 1 aromatic carbocycles. The normalized spacial score (nSPS) is 15.9. The molecule has 0 spiro atoms. The van der Waals surface area contributed by atoms with Gasteiger partial charge in [0, 0.05) is 24.5 Å². The summed E-state index contributed by atoms with van der Waals surface area (Å²) in [6, 6.07) is 9.07. The van der Waals surface area contributed by atoms with Crippen LogP contribution in [-0.4, -0.2) is 46.0 Å². The highest BCUT2D eigenvalue weighted by atomic mass is 16.2. The maximum absolute atomic E-state index is 12.3. The molecule has 2 aromatic rings. The molecule has 0 aliphatic carbocycles. The van der Waals surface area contributed by atoms with Crippen LogP contribution in [0.15, 0.2) is 42.7 Å². The first-order chi connectivity index (χ1) is 12.1. The number of rotatable bonds is 6. The summed E-state index contributed by atoms with van der Waals surface area (Å²) in [5.74, 6) is 0.493. The Labute approximate surface area is 147 Å². The third-order valence-electron chi connectivity index (χ3n) is 4.66. The van der Waals surface area contributed by atoms with E-state index in [-0.39, 0.29) is 11.7 Å². The van der Waals surface area contributed by atoms with Crippen LogP contribution in [0.25, 0.3) is 0 Å². The van der Waals surface area contributed by atoms with Crippen LogP contribution in [0.3, 0.4) is 0 Å². The minimum Gasteiger partial charge on any atom is -0.324 e. The van der Waals surface area contributed by atoms with Crippen LogP contribution in [-0.2, 0) is 11.3 Å². The number of Topliss-reactive ketones (excluding diaryl/α,β-unsaturated/α-hetero) is 1. The molecule has 25 heavy (non-hydrogen) atoms. The molecule has 0 radical (unpaired) electrons. The van der Waals surface area contributed by atoms with Gasteiger partial charge in [-0.2, -0.15) is 5.10 Å². The van der Waals surface area contributed by atoms with Gasteiger partial charge in [-0.1, -0.05) is 12.1 Å². The molecule has 0 saturated carbocycles. The van der Waals surface area contributed by atoms with Crippen LogP contribution in [0.5, 0.6) is 0 Å². The van der Waals surface area contributed by atoms with Gasteiger partial charge in [0.05, 0.1) is 12.2 Å². The van der Waals surface area contributed by atoms with Crippen molar-refractivity contribution in [3.8, 4) is 0 Å². The lowest BCUT2D eigenvalue weighted by molar-refractivity contribution is -0.117. The van der Waals surface area contributed by atoms with Gasteiger partial charge in [0.1, 0.15) is 0 Å². The van der Waals surface area contributed by atoms with Crippen molar-refractivity contribution >= 4 is 17.4 Å². The summed E-state index contributed by atoms with van der Waals surface area (Å²) in [6.07, 6.45) is 5.93. The van der Waals surface area contributed by atoms with E-state index in [4.69, 9.17) is 0 Å². The number of ketones is 1. The second-order valence-electron chi connectivity index (χ2n) is 6.60. The molecule has 1 amide bonds. The van der Waals surface area contributed by atoms with E-state index in [2.05, 4.69) is 15.3 Å². The zero-order valence-electron chi connectivity index (χ0n) is 14.5. The molecule has 1 saturated heterocycles. The Morgan fingerprint density at radius 1 is 1.20 bits per heavy atom. The van der Waals surface area contributed by atoms with Crippen molar-refractivity contribution < 1.29 is 9.59 Å². The van der Waals surface area contributed by atoms with Gasteiger partial charge in [-0.15, -0.1) is 0 Å². The molecule has 1 aromatic heterocycles. The van der Waals surface area contributed by atoms with Crippen LogP contribution in [0, 0.1) is 5.92 Å². The summed E-state index contributed by atoms with van der Waals surface area (Å²) in [4.78, 5) is 26.1. The lowest BCUT2D eigenvalue weighted by atomic mass is 9.97. The topological polar surface area (TPSA) is 67.2 Å². The molecule has 1 fully saturated rings. The van der Waals surface area contributed by atoms with Gasteiger partial charge in [0.25, 0.3) is 0 Å². The number of para-hydroxylation sites is 1. The molecule has 6 heteroatoms. The van der Waals surface area contributed by atoms with Crippen molar-refractivity contribution in [1.29, 1.82) is 0 Å². The summed E-state index contributed by atoms with van der Waals surface area (Å²) >= 11 is 0. The molecule has 132 valence electrons. The van der Waals surface area contributed by atoms with E-state index < -0.39 is 0 Å². The number of benzene rings is 1. The van der Waals surface area contributed by atoms with Gasteiger partial charge in [-0.3, -0.25) is 19.2 Å². The zero-order chi connectivity index (χ0) is 17.6. The Morgan fingerprint density at radius 2 is 1.96 bits per heavy atom. The SMILES string of the molecule is CC(=O)c1ccccc1NC(=O)CN1CCC(Cn2cccn2)CC1. The number of likely N-dealkylation sites (tertiary alicyclic amines) is 1. The fourth-order valence-electron chi connectivity index (χ4n) is 3.29. The van der Waals surface area contributed by atoms with Crippen LogP contribution < -0.4 is 5.32 Å². The molecule has 6 nitrogen and oxygen atoms in total. The van der Waals surface area contributed by atoms with Crippen LogP contribution >= 0.6 is 0 Å². The fraction of sp³-hybridized carbons (Fsp3) is 0.421. The highest BCUT2D eigenvalue weighted by molar-refractivity contribution is 6.04. The van der Waals surface area contributed by atoms with Gasteiger partial charge in [0.15, 0.2) is 5.78 Å². The van der Waals surface area contributed by atoms with Crippen molar-refractivity contribution in [3.63, 3.8) is 0 Å². The molecule has 0 unspecified atom stereocenters. The maximum atomic E-state index is 12.3. The number of amides is 1. The maximum Gasteiger partial charge on any atom is 0.238 e. The van der Waals surface area contributed by atoms with E-state index in [1.165, 1.54) is 6.92 Å². The molecular weight excluding hydrogens is 316 g/mol. The van der Waals surface area contributed by atoms with Crippen molar-refractivity contribution in [1.82, 2.24) is 14.7 Å². The monoisotopic (exact) mass is 340 g/mol. The molecule has 3 rings (SSSR count). The quantitative estimate of drug-likeness (QED) is 0.820. The van der Waals surface area contributed by atoms with Gasteiger partial charge in [0.2, 0.25) is 5.91 Å². The molecule has 0 atom stereocenters. The minimum atomic E-state index is -0.0702. The predicted molar refractivity (Wildman–Crippen MR) is 96.5 cm³/mol. The Balaban J connectivity index is 1.47. The summed E-state index contributed by atoms with van der Waals surface area (Å²) in [7, 11) is 0. The van der Waals surface area contributed by atoms with Crippen molar-refractivity contribution in [2.75, 3.05) is 25.0 Å². The number of piperidine rings is 1.